The van der Waals surface area contributed by atoms with Crippen molar-refractivity contribution in [3.63, 3.8) is 0 Å². The third-order valence-corrected chi connectivity index (χ3v) is 5.94. The van der Waals surface area contributed by atoms with Crippen LogP contribution in [-0.4, -0.2) is 32.1 Å². The maximum absolute atomic E-state index is 4.87. The van der Waals surface area contributed by atoms with Crippen molar-refractivity contribution < 1.29 is 0 Å². The Labute approximate surface area is 165 Å². The van der Waals surface area contributed by atoms with Crippen LogP contribution >= 0.6 is 0 Å². The molecular weight excluding hydrogens is 348 g/mol. The average molecular weight is 377 g/mol. The summed E-state index contributed by atoms with van der Waals surface area (Å²) < 4.78 is 2.24. The van der Waals surface area contributed by atoms with Crippen molar-refractivity contribution in [2.75, 3.05) is 11.9 Å². The molecule has 0 bridgehead atoms. The van der Waals surface area contributed by atoms with Crippen LogP contribution in [0.1, 0.15) is 56.3 Å². The van der Waals surface area contributed by atoms with Crippen molar-refractivity contribution in [2.24, 2.45) is 4.99 Å². The predicted molar refractivity (Wildman–Crippen MR) is 111 cm³/mol. The number of hydrogen-bond donors (Lipinski definition) is 2. The van der Waals surface area contributed by atoms with Gasteiger partial charge in [-0.2, -0.15) is 4.98 Å². The van der Waals surface area contributed by atoms with E-state index in [-0.39, 0.29) is 0 Å². The second kappa shape index (κ2) is 7.41. The van der Waals surface area contributed by atoms with Gasteiger partial charge in [-0.3, -0.25) is 9.56 Å². The molecule has 28 heavy (non-hydrogen) atoms. The summed E-state index contributed by atoms with van der Waals surface area (Å²) in [5.41, 5.74) is 3.99. The van der Waals surface area contributed by atoms with Gasteiger partial charge in [0.2, 0.25) is 5.62 Å². The Morgan fingerprint density at radius 2 is 1.96 bits per heavy atom. The molecule has 5 rings (SSSR count). The van der Waals surface area contributed by atoms with Crippen LogP contribution in [0, 0.1) is 0 Å². The number of anilines is 1. The SMILES string of the molecule is CCCN=c1nc2nc(C3CCCC3)[nH]c2c2n1C[C@@H](Cc1ccccc1)N2. The topological polar surface area (TPSA) is 70.9 Å². The number of nitrogens with zero attached hydrogens (tertiary/aromatic N) is 4. The Bertz CT molecular complexity index is 1030. The standard InChI is InChI=1S/C22H28N6/c1-2-12-23-22-27-20-18(25-19(26-20)16-10-6-7-11-16)21-24-17(14-28(21)22)13-15-8-4-3-5-9-15/h3-5,8-9,16-17,24H,2,6-7,10-14H2,1H3,(H,23,25,26,27)/t17-/m1/s1. The van der Waals surface area contributed by atoms with Crippen LogP contribution in [0.3, 0.4) is 0 Å². The van der Waals surface area contributed by atoms with Gasteiger partial charge in [0.25, 0.3) is 0 Å². The van der Waals surface area contributed by atoms with Crippen molar-refractivity contribution in [2.45, 2.75) is 64.0 Å². The lowest BCUT2D eigenvalue weighted by Crippen LogP contribution is -2.25. The summed E-state index contributed by atoms with van der Waals surface area (Å²) in [6, 6.07) is 11.0. The van der Waals surface area contributed by atoms with Gasteiger partial charge < -0.3 is 10.3 Å². The number of nitrogens with one attached hydrogen (secondary N) is 2. The third-order valence-electron chi connectivity index (χ3n) is 5.94. The Kier molecular flexibility index (Phi) is 4.63. The molecule has 6 heteroatoms. The molecule has 146 valence electrons. The van der Waals surface area contributed by atoms with Crippen LogP contribution in [0.2, 0.25) is 0 Å². The maximum atomic E-state index is 4.87. The molecule has 2 aromatic heterocycles. The summed E-state index contributed by atoms with van der Waals surface area (Å²) in [5.74, 6) is 2.74. The third kappa shape index (κ3) is 3.21. The Balaban J connectivity index is 1.54. The summed E-state index contributed by atoms with van der Waals surface area (Å²) in [7, 11) is 0. The van der Waals surface area contributed by atoms with Gasteiger partial charge in [0, 0.05) is 25.0 Å². The van der Waals surface area contributed by atoms with E-state index >= 15 is 0 Å². The van der Waals surface area contributed by atoms with Crippen LogP contribution in [0.4, 0.5) is 5.82 Å². The minimum Gasteiger partial charge on any atom is -0.365 e. The van der Waals surface area contributed by atoms with E-state index in [0.717, 1.165) is 54.4 Å². The molecule has 2 aliphatic rings. The molecule has 0 spiro atoms. The Morgan fingerprint density at radius 3 is 2.75 bits per heavy atom. The largest absolute Gasteiger partial charge is 0.365 e. The van der Waals surface area contributed by atoms with Crippen LogP contribution in [0.5, 0.6) is 0 Å². The molecule has 1 aliphatic heterocycles. The highest BCUT2D eigenvalue weighted by molar-refractivity contribution is 5.84. The van der Waals surface area contributed by atoms with Crippen LogP contribution < -0.4 is 10.9 Å². The normalized spacial score (nSPS) is 20.0. The number of fused-ring (bicyclic) bond motifs is 3. The second-order valence-electron chi connectivity index (χ2n) is 8.09. The second-order valence-corrected chi connectivity index (χ2v) is 8.09. The smallest absolute Gasteiger partial charge is 0.228 e. The zero-order chi connectivity index (χ0) is 18.9. The van der Waals surface area contributed by atoms with Gasteiger partial charge in [-0.1, -0.05) is 50.1 Å². The molecule has 1 aliphatic carbocycles. The Morgan fingerprint density at radius 1 is 1.14 bits per heavy atom. The quantitative estimate of drug-likeness (QED) is 0.712. The number of rotatable bonds is 5. The number of aromatic amines is 1. The first-order chi connectivity index (χ1) is 13.8. The summed E-state index contributed by atoms with van der Waals surface area (Å²) in [6.07, 6.45) is 7.07. The first-order valence-electron chi connectivity index (χ1n) is 10.6. The fraction of sp³-hybridized carbons (Fsp3) is 0.500. The fourth-order valence-electron chi connectivity index (χ4n) is 4.54. The average Bonchev–Trinajstić information content (AvgIpc) is 3.45. The molecule has 1 aromatic carbocycles. The first kappa shape index (κ1) is 17.5. The van der Waals surface area contributed by atoms with Crippen LogP contribution in [0.25, 0.3) is 11.2 Å². The predicted octanol–water partition coefficient (Wildman–Crippen LogP) is 3.76. The lowest BCUT2D eigenvalue weighted by Gasteiger charge is -2.09. The molecule has 1 atom stereocenters. The minimum atomic E-state index is 0.337. The van der Waals surface area contributed by atoms with Crippen LogP contribution in [0.15, 0.2) is 35.3 Å². The lowest BCUT2D eigenvalue weighted by molar-refractivity contribution is 0.610. The van der Waals surface area contributed by atoms with Gasteiger partial charge in [0.15, 0.2) is 5.65 Å². The molecule has 1 fully saturated rings. The van der Waals surface area contributed by atoms with Crippen molar-refractivity contribution in [1.82, 2.24) is 19.5 Å². The minimum absolute atomic E-state index is 0.337. The van der Waals surface area contributed by atoms with Gasteiger partial charge in [-0.05, 0) is 31.2 Å². The van der Waals surface area contributed by atoms with E-state index < -0.39 is 0 Å². The molecule has 0 saturated heterocycles. The fourth-order valence-corrected chi connectivity index (χ4v) is 4.54. The van der Waals surface area contributed by atoms with Gasteiger partial charge >= 0.3 is 0 Å². The Hall–Kier alpha value is -2.63. The molecule has 0 amide bonds. The molecule has 2 N–H and O–H groups in total. The highest BCUT2D eigenvalue weighted by Crippen LogP contribution is 2.34. The van der Waals surface area contributed by atoms with E-state index in [9.17, 15) is 0 Å². The number of hydrogen-bond acceptors (Lipinski definition) is 4. The summed E-state index contributed by atoms with van der Waals surface area (Å²) in [6.45, 7) is 3.82. The van der Waals surface area contributed by atoms with Gasteiger partial charge in [0.1, 0.15) is 17.2 Å². The van der Waals surface area contributed by atoms with E-state index in [0.29, 0.717) is 12.0 Å². The van der Waals surface area contributed by atoms with E-state index in [1.165, 1.54) is 31.2 Å². The number of imidazole rings is 1. The van der Waals surface area contributed by atoms with Crippen molar-refractivity contribution in [1.29, 1.82) is 0 Å². The number of H-pyrrole nitrogens is 1. The first-order valence-corrected chi connectivity index (χ1v) is 10.6. The maximum Gasteiger partial charge on any atom is 0.228 e. The highest BCUT2D eigenvalue weighted by Gasteiger charge is 2.27. The molecule has 0 unspecified atom stereocenters. The van der Waals surface area contributed by atoms with E-state index in [2.05, 4.69) is 52.1 Å². The zero-order valence-electron chi connectivity index (χ0n) is 16.5. The molecule has 3 aromatic rings. The number of aromatic nitrogens is 4. The zero-order valence-corrected chi connectivity index (χ0v) is 16.5. The van der Waals surface area contributed by atoms with Crippen molar-refractivity contribution in [3.8, 4) is 0 Å². The molecule has 1 saturated carbocycles. The highest BCUT2D eigenvalue weighted by atomic mass is 15.3. The monoisotopic (exact) mass is 376 g/mol. The summed E-state index contributed by atoms with van der Waals surface area (Å²) in [4.78, 5) is 18.1. The number of benzene rings is 1. The van der Waals surface area contributed by atoms with E-state index in [1.54, 1.807) is 0 Å². The summed E-state index contributed by atoms with van der Waals surface area (Å²) >= 11 is 0. The van der Waals surface area contributed by atoms with Crippen molar-refractivity contribution >= 4 is 17.0 Å². The van der Waals surface area contributed by atoms with Gasteiger partial charge in [0.05, 0.1) is 0 Å². The lowest BCUT2D eigenvalue weighted by atomic mass is 10.1. The molecule has 6 nitrogen and oxygen atoms in total. The summed E-state index contributed by atoms with van der Waals surface area (Å²) in [5, 5.41) is 3.74. The van der Waals surface area contributed by atoms with E-state index in [4.69, 9.17) is 15.0 Å². The molecule has 3 heterocycles. The van der Waals surface area contributed by atoms with E-state index in [1.807, 2.05) is 0 Å². The van der Waals surface area contributed by atoms with Crippen LogP contribution in [-0.2, 0) is 13.0 Å². The molecule has 0 radical (unpaired) electrons. The van der Waals surface area contributed by atoms with Crippen molar-refractivity contribution in [3.05, 3.63) is 47.3 Å². The van der Waals surface area contributed by atoms with Gasteiger partial charge in [-0.25, -0.2) is 4.98 Å². The molecular formula is C22H28N6. The van der Waals surface area contributed by atoms with Gasteiger partial charge in [-0.15, -0.1) is 0 Å².